The maximum atomic E-state index is 2.60. The molecule has 3 saturated carbocycles. The monoisotopic (exact) mass is 206 g/mol. The largest absolute Gasteiger partial charge is 0.0622 e. The van der Waals surface area contributed by atoms with Crippen molar-refractivity contribution in [3.8, 4) is 0 Å². The van der Waals surface area contributed by atoms with Crippen molar-refractivity contribution in [1.29, 1.82) is 0 Å². The van der Waals surface area contributed by atoms with E-state index < -0.39 is 0 Å². The minimum Gasteiger partial charge on any atom is -0.0622 e. The lowest BCUT2D eigenvalue weighted by Gasteiger charge is -2.42. The molecule has 0 aromatic rings. The summed E-state index contributed by atoms with van der Waals surface area (Å²) in [4.78, 5) is 0. The van der Waals surface area contributed by atoms with Crippen LogP contribution in [0.15, 0.2) is 0 Å². The van der Waals surface area contributed by atoms with Gasteiger partial charge in [-0.25, -0.2) is 0 Å². The highest BCUT2D eigenvalue weighted by molar-refractivity contribution is 5.18. The van der Waals surface area contributed by atoms with E-state index in [1.807, 2.05) is 0 Å². The van der Waals surface area contributed by atoms with Crippen molar-refractivity contribution in [2.24, 2.45) is 34.5 Å². The van der Waals surface area contributed by atoms with Gasteiger partial charge in [-0.3, -0.25) is 0 Å². The number of hydrogen-bond donors (Lipinski definition) is 0. The van der Waals surface area contributed by atoms with Crippen LogP contribution in [0, 0.1) is 34.5 Å². The smallest absolute Gasteiger partial charge is 0.0184 e. The van der Waals surface area contributed by atoms with Gasteiger partial charge < -0.3 is 0 Å². The Morgan fingerprint density at radius 2 is 1.67 bits per heavy atom. The summed E-state index contributed by atoms with van der Waals surface area (Å²) >= 11 is 0. The first kappa shape index (κ1) is 10.2. The van der Waals surface area contributed by atoms with Gasteiger partial charge in [-0.05, 0) is 53.8 Å². The lowest BCUT2D eigenvalue weighted by atomic mass is 9.62. The Kier molecular flexibility index (Phi) is 1.91. The highest BCUT2D eigenvalue weighted by Gasteiger charge is 2.69. The minimum absolute atomic E-state index is 0.721. The molecule has 0 radical (unpaired) electrons. The Morgan fingerprint density at radius 1 is 1.07 bits per heavy atom. The van der Waals surface area contributed by atoms with Gasteiger partial charge in [0.25, 0.3) is 0 Å². The molecule has 0 spiro atoms. The molecule has 0 aromatic heterocycles. The number of hydrogen-bond acceptors (Lipinski definition) is 0. The molecule has 0 saturated heterocycles. The standard InChI is InChI=1S/C15H26/c1-10-8-13(10)15(7-5-6-11(15)2)14(4)9-12(14)3/h10-13H,5-9H2,1-4H3/t10-,11?,12?,13?,14?,15?/m0/s1. The fourth-order valence-corrected chi connectivity index (χ4v) is 5.29. The molecule has 3 fully saturated rings. The van der Waals surface area contributed by atoms with Crippen LogP contribution in [-0.4, -0.2) is 0 Å². The van der Waals surface area contributed by atoms with Crippen LogP contribution >= 0.6 is 0 Å². The molecule has 3 rings (SSSR count). The fourth-order valence-electron chi connectivity index (χ4n) is 5.29. The average molecular weight is 206 g/mol. The quantitative estimate of drug-likeness (QED) is 0.624. The van der Waals surface area contributed by atoms with Gasteiger partial charge in [-0.15, -0.1) is 0 Å². The molecule has 0 aliphatic heterocycles. The summed E-state index contributed by atoms with van der Waals surface area (Å²) in [5, 5.41) is 0. The van der Waals surface area contributed by atoms with E-state index in [2.05, 4.69) is 27.7 Å². The second-order valence-corrected chi connectivity index (χ2v) is 7.18. The summed E-state index contributed by atoms with van der Waals surface area (Å²) in [5.41, 5.74) is 1.48. The van der Waals surface area contributed by atoms with Crippen LogP contribution in [-0.2, 0) is 0 Å². The summed E-state index contributed by atoms with van der Waals surface area (Å²) in [5.74, 6) is 4.13. The van der Waals surface area contributed by atoms with Crippen LogP contribution in [0.25, 0.3) is 0 Å². The topological polar surface area (TPSA) is 0 Å². The summed E-state index contributed by atoms with van der Waals surface area (Å²) in [6, 6.07) is 0. The van der Waals surface area contributed by atoms with Crippen LogP contribution in [0.3, 0.4) is 0 Å². The zero-order valence-electron chi connectivity index (χ0n) is 10.8. The zero-order chi connectivity index (χ0) is 10.8. The molecule has 5 unspecified atom stereocenters. The van der Waals surface area contributed by atoms with Gasteiger partial charge in [0.05, 0.1) is 0 Å². The van der Waals surface area contributed by atoms with Crippen LogP contribution in [0.2, 0.25) is 0 Å². The first-order valence-electron chi connectivity index (χ1n) is 7.02. The van der Waals surface area contributed by atoms with Gasteiger partial charge in [-0.2, -0.15) is 0 Å². The van der Waals surface area contributed by atoms with E-state index in [0.29, 0.717) is 0 Å². The van der Waals surface area contributed by atoms with E-state index in [0.717, 1.165) is 34.5 Å². The predicted octanol–water partition coefficient (Wildman–Crippen LogP) is 4.49. The normalized spacial score (nSPS) is 63.2. The second kappa shape index (κ2) is 2.81. The number of rotatable bonds is 2. The molecule has 0 nitrogen and oxygen atoms in total. The van der Waals surface area contributed by atoms with Gasteiger partial charge in [0.1, 0.15) is 0 Å². The minimum atomic E-state index is 0.721. The van der Waals surface area contributed by atoms with Crippen molar-refractivity contribution in [1.82, 2.24) is 0 Å². The highest BCUT2D eigenvalue weighted by atomic mass is 14.7. The van der Waals surface area contributed by atoms with E-state index in [9.17, 15) is 0 Å². The van der Waals surface area contributed by atoms with Crippen molar-refractivity contribution in [3.63, 3.8) is 0 Å². The van der Waals surface area contributed by atoms with E-state index in [4.69, 9.17) is 0 Å². The van der Waals surface area contributed by atoms with Crippen LogP contribution < -0.4 is 0 Å². The molecule has 3 aliphatic carbocycles. The van der Waals surface area contributed by atoms with Gasteiger partial charge in [-0.1, -0.05) is 40.5 Å². The Labute approximate surface area is 94.8 Å². The summed E-state index contributed by atoms with van der Waals surface area (Å²) in [7, 11) is 0. The molecule has 0 amide bonds. The molecule has 6 atom stereocenters. The summed E-state index contributed by atoms with van der Waals surface area (Å²) in [6.45, 7) is 10.1. The highest BCUT2D eigenvalue weighted by Crippen LogP contribution is 2.76. The molecule has 0 N–H and O–H groups in total. The zero-order valence-corrected chi connectivity index (χ0v) is 10.8. The molecule has 15 heavy (non-hydrogen) atoms. The van der Waals surface area contributed by atoms with Crippen molar-refractivity contribution in [2.45, 2.75) is 59.8 Å². The third-order valence-corrected chi connectivity index (χ3v) is 6.60. The predicted molar refractivity (Wildman–Crippen MR) is 64.6 cm³/mol. The first-order valence-corrected chi connectivity index (χ1v) is 7.02. The van der Waals surface area contributed by atoms with Gasteiger partial charge in [0.15, 0.2) is 0 Å². The Balaban J connectivity index is 1.95. The van der Waals surface area contributed by atoms with Crippen molar-refractivity contribution in [2.75, 3.05) is 0 Å². The first-order chi connectivity index (χ1) is 7.02. The molecular formula is C15H26. The van der Waals surface area contributed by atoms with Crippen molar-refractivity contribution < 1.29 is 0 Å². The molecule has 0 bridgehead atoms. The van der Waals surface area contributed by atoms with Crippen molar-refractivity contribution in [3.05, 3.63) is 0 Å². The molecule has 86 valence electrons. The Bertz CT molecular complexity index is 282. The van der Waals surface area contributed by atoms with Gasteiger partial charge in [0, 0.05) is 0 Å². The van der Waals surface area contributed by atoms with E-state index in [-0.39, 0.29) is 0 Å². The molecule has 0 heterocycles. The van der Waals surface area contributed by atoms with Crippen LogP contribution in [0.5, 0.6) is 0 Å². The molecular weight excluding hydrogens is 180 g/mol. The molecule has 0 heteroatoms. The Hall–Kier alpha value is 0. The van der Waals surface area contributed by atoms with Crippen molar-refractivity contribution >= 4 is 0 Å². The van der Waals surface area contributed by atoms with Crippen LogP contribution in [0.1, 0.15) is 59.8 Å². The molecule has 3 aliphatic rings. The lowest BCUT2D eigenvalue weighted by molar-refractivity contribution is 0.0542. The lowest BCUT2D eigenvalue weighted by Crippen LogP contribution is -2.37. The SMILES string of the molecule is CC1CC1(C)C1(C2C[C@@H]2C)CCCC1C. The fraction of sp³-hybridized carbons (Fsp3) is 1.00. The second-order valence-electron chi connectivity index (χ2n) is 7.18. The summed E-state index contributed by atoms with van der Waals surface area (Å²) in [6.07, 6.45) is 7.61. The maximum absolute atomic E-state index is 2.60. The van der Waals surface area contributed by atoms with Gasteiger partial charge >= 0.3 is 0 Å². The Morgan fingerprint density at radius 3 is 2.00 bits per heavy atom. The van der Waals surface area contributed by atoms with E-state index >= 15 is 0 Å². The maximum Gasteiger partial charge on any atom is -0.0184 e. The molecule has 0 aromatic carbocycles. The third-order valence-electron chi connectivity index (χ3n) is 6.60. The average Bonchev–Trinajstić information content (AvgIpc) is 2.97. The van der Waals surface area contributed by atoms with Crippen LogP contribution in [0.4, 0.5) is 0 Å². The van der Waals surface area contributed by atoms with E-state index in [1.54, 1.807) is 6.42 Å². The third kappa shape index (κ3) is 1.09. The van der Waals surface area contributed by atoms with E-state index in [1.165, 1.54) is 25.7 Å². The summed E-state index contributed by atoms with van der Waals surface area (Å²) < 4.78 is 0. The van der Waals surface area contributed by atoms with Gasteiger partial charge in [0.2, 0.25) is 0 Å².